The number of H-pyrrole nitrogens is 1. The molecule has 0 radical (unpaired) electrons. The summed E-state index contributed by atoms with van der Waals surface area (Å²) in [7, 11) is 0. The van der Waals surface area contributed by atoms with Crippen LogP contribution in [0, 0.1) is 5.82 Å². The number of ether oxygens (including phenoxy) is 1. The molecule has 1 aliphatic rings. The highest BCUT2D eigenvalue weighted by Gasteiger charge is 2.34. The van der Waals surface area contributed by atoms with Crippen LogP contribution in [0.4, 0.5) is 10.1 Å². The van der Waals surface area contributed by atoms with Gasteiger partial charge in [-0.05, 0) is 77.4 Å². The predicted octanol–water partition coefficient (Wildman–Crippen LogP) is 4.25. The number of hydrogen-bond donors (Lipinski definition) is 1. The Hall–Kier alpha value is -4.53. The molecule has 1 N–H and O–H groups in total. The van der Waals surface area contributed by atoms with Crippen molar-refractivity contribution in [2.75, 3.05) is 18.1 Å². The molecular formula is C28H25FN6O2. The molecular weight excluding hydrogens is 471 g/mol. The number of aromatic nitrogens is 5. The molecule has 0 saturated carbocycles. The van der Waals surface area contributed by atoms with Gasteiger partial charge in [0.15, 0.2) is 5.82 Å². The predicted molar refractivity (Wildman–Crippen MR) is 138 cm³/mol. The lowest BCUT2D eigenvalue weighted by Crippen LogP contribution is -2.34. The van der Waals surface area contributed by atoms with E-state index in [1.54, 1.807) is 16.8 Å². The fourth-order valence-corrected chi connectivity index (χ4v) is 5.02. The van der Waals surface area contributed by atoms with E-state index in [1.165, 1.54) is 17.7 Å². The number of aromatic amines is 1. The molecule has 3 aromatic carbocycles. The number of para-hydroxylation sites is 1. The highest BCUT2D eigenvalue weighted by atomic mass is 19.1. The van der Waals surface area contributed by atoms with E-state index in [-0.39, 0.29) is 11.4 Å². The van der Waals surface area contributed by atoms with Gasteiger partial charge < -0.3 is 14.6 Å². The Morgan fingerprint density at radius 1 is 1.08 bits per heavy atom. The monoisotopic (exact) mass is 496 g/mol. The lowest BCUT2D eigenvalue weighted by Gasteiger charge is -2.29. The molecule has 0 amide bonds. The number of benzene rings is 3. The molecule has 1 aliphatic heterocycles. The quantitative estimate of drug-likeness (QED) is 0.362. The maximum Gasteiger partial charge on any atom is 0.254 e. The SMILES string of the molecule is CCOc1ccc2[nH]c(=O)c([C@H](c3nnnn3Cc3ccc(F)cc3)N3CCc4ccccc43)cc2c1. The molecule has 5 aromatic rings. The van der Waals surface area contributed by atoms with Crippen molar-refractivity contribution in [2.24, 2.45) is 0 Å². The number of fused-ring (bicyclic) bond motifs is 2. The Morgan fingerprint density at radius 3 is 2.76 bits per heavy atom. The molecule has 0 fully saturated rings. The number of anilines is 1. The highest BCUT2D eigenvalue weighted by molar-refractivity contribution is 5.81. The first-order valence-electron chi connectivity index (χ1n) is 12.3. The van der Waals surface area contributed by atoms with Crippen molar-refractivity contribution < 1.29 is 9.13 Å². The standard InChI is InChI=1S/C28H25FN6O2/c1-2-37-22-11-12-24-20(15-22)16-23(28(36)30-24)26(34-14-13-19-5-3-4-6-25(19)34)27-31-32-33-35(27)17-18-7-9-21(29)10-8-18/h3-12,15-16,26H,2,13-14,17H2,1H3,(H,30,36)/t26-/m1/s1. The molecule has 0 bridgehead atoms. The maximum absolute atomic E-state index is 13.5. The third-order valence-corrected chi connectivity index (χ3v) is 6.73. The van der Waals surface area contributed by atoms with E-state index in [0.717, 1.165) is 34.3 Å². The lowest BCUT2D eigenvalue weighted by molar-refractivity contribution is 0.340. The van der Waals surface area contributed by atoms with Gasteiger partial charge in [-0.25, -0.2) is 9.07 Å². The van der Waals surface area contributed by atoms with E-state index < -0.39 is 6.04 Å². The molecule has 1 atom stereocenters. The van der Waals surface area contributed by atoms with Crippen molar-refractivity contribution in [1.82, 2.24) is 25.2 Å². The van der Waals surface area contributed by atoms with Crippen LogP contribution in [0.25, 0.3) is 10.9 Å². The second kappa shape index (κ2) is 9.50. The fraction of sp³-hybridized carbons (Fsp3) is 0.214. The Balaban J connectivity index is 1.50. The van der Waals surface area contributed by atoms with Crippen LogP contribution in [0.2, 0.25) is 0 Å². The summed E-state index contributed by atoms with van der Waals surface area (Å²) >= 11 is 0. The summed E-state index contributed by atoms with van der Waals surface area (Å²) in [4.78, 5) is 18.7. The van der Waals surface area contributed by atoms with Crippen molar-refractivity contribution in [3.8, 4) is 5.75 Å². The summed E-state index contributed by atoms with van der Waals surface area (Å²) in [5.41, 5.74) is 4.16. The van der Waals surface area contributed by atoms with E-state index in [1.807, 2.05) is 43.3 Å². The summed E-state index contributed by atoms with van der Waals surface area (Å²) < 4.78 is 20.9. The van der Waals surface area contributed by atoms with E-state index in [0.29, 0.717) is 31.1 Å². The maximum atomic E-state index is 13.5. The van der Waals surface area contributed by atoms with Crippen LogP contribution in [-0.4, -0.2) is 38.3 Å². The Kier molecular flexibility index (Phi) is 5.88. The smallest absolute Gasteiger partial charge is 0.254 e. The minimum atomic E-state index is -0.539. The topological polar surface area (TPSA) is 88.9 Å². The zero-order chi connectivity index (χ0) is 25.4. The number of nitrogens with one attached hydrogen (secondary N) is 1. The molecule has 9 heteroatoms. The molecule has 0 spiro atoms. The number of tetrazole rings is 1. The summed E-state index contributed by atoms with van der Waals surface area (Å²) in [6.07, 6.45) is 0.853. The summed E-state index contributed by atoms with van der Waals surface area (Å²) in [5, 5.41) is 13.5. The van der Waals surface area contributed by atoms with Crippen molar-refractivity contribution in [1.29, 1.82) is 0 Å². The van der Waals surface area contributed by atoms with E-state index in [2.05, 4.69) is 37.5 Å². The van der Waals surface area contributed by atoms with Gasteiger partial charge >= 0.3 is 0 Å². The van der Waals surface area contributed by atoms with Crippen molar-refractivity contribution in [3.63, 3.8) is 0 Å². The third-order valence-electron chi connectivity index (χ3n) is 6.73. The van der Waals surface area contributed by atoms with Crippen molar-refractivity contribution >= 4 is 16.6 Å². The van der Waals surface area contributed by atoms with Gasteiger partial charge in [-0.3, -0.25) is 4.79 Å². The summed E-state index contributed by atoms with van der Waals surface area (Å²) in [6.45, 7) is 3.54. The van der Waals surface area contributed by atoms with Crippen LogP contribution >= 0.6 is 0 Å². The molecule has 3 heterocycles. The fourth-order valence-electron chi connectivity index (χ4n) is 5.02. The van der Waals surface area contributed by atoms with Gasteiger partial charge in [0, 0.05) is 28.7 Å². The average Bonchev–Trinajstić information content (AvgIpc) is 3.54. The van der Waals surface area contributed by atoms with Crippen LogP contribution in [0.15, 0.2) is 77.6 Å². The number of nitrogens with zero attached hydrogens (tertiary/aromatic N) is 5. The summed E-state index contributed by atoms with van der Waals surface area (Å²) in [5.74, 6) is 0.963. The molecule has 0 aliphatic carbocycles. The normalized spacial score (nSPS) is 13.6. The number of hydrogen-bond acceptors (Lipinski definition) is 6. The van der Waals surface area contributed by atoms with Gasteiger partial charge in [0.25, 0.3) is 5.56 Å². The Morgan fingerprint density at radius 2 is 1.92 bits per heavy atom. The number of pyridine rings is 1. The number of halogens is 1. The molecule has 8 nitrogen and oxygen atoms in total. The van der Waals surface area contributed by atoms with Crippen LogP contribution < -0.4 is 15.2 Å². The first-order chi connectivity index (χ1) is 18.1. The first kappa shape index (κ1) is 22.9. The Labute approximate surface area is 212 Å². The lowest BCUT2D eigenvalue weighted by atomic mass is 10.0. The van der Waals surface area contributed by atoms with E-state index >= 15 is 0 Å². The van der Waals surface area contributed by atoms with E-state index in [9.17, 15) is 9.18 Å². The van der Waals surface area contributed by atoms with E-state index in [4.69, 9.17) is 4.74 Å². The van der Waals surface area contributed by atoms with Crippen LogP contribution in [0.5, 0.6) is 5.75 Å². The van der Waals surface area contributed by atoms with Crippen LogP contribution in [0.3, 0.4) is 0 Å². The molecule has 6 rings (SSSR count). The van der Waals surface area contributed by atoms with Gasteiger partial charge in [-0.15, -0.1) is 5.10 Å². The molecule has 0 saturated heterocycles. The first-order valence-corrected chi connectivity index (χ1v) is 12.3. The van der Waals surface area contributed by atoms with Gasteiger partial charge in [-0.1, -0.05) is 30.3 Å². The van der Waals surface area contributed by atoms with Gasteiger partial charge in [0.2, 0.25) is 0 Å². The largest absolute Gasteiger partial charge is 0.494 e. The van der Waals surface area contributed by atoms with Gasteiger partial charge in [-0.2, -0.15) is 0 Å². The van der Waals surface area contributed by atoms with Gasteiger partial charge in [0.05, 0.1) is 13.2 Å². The zero-order valence-electron chi connectivity index (χ0n) is 20.3. The minimum Gasteiger partial charge on any atom is -0.494 e. The molecule has 37 heavy (non-hydrogen) atoms. The van der Waals surface area contributed by atoms with Crippen molar-refractivity contribution in [2.45, 2.75) is 25.9 Å². The average molecular weight is 497 g/mol. The van der Waals surface area contributed by atoms with Crippen molar-refractivity contribution in [3.05, 3.63) is 111 Å². The summed E-state index contributed by atoms with van der Waals surface area (Å²) in [6, 6.07) is 21.4. The molecule has 2 aromatic heterocycles. The van der Waals surface area contributed by atoms with Gasteiger partial charge in [0.1, 0.15) is 17.6 Å². The number of rotatable bonds is 7. The zero-order valence-corrected chi connectivity index (χ0v) is 20.3. The highest BCUT2D eigenvalue weighted by Crippen LogP contribution is 2.37. The molecule has 0 unspecified atom stereocenters. The van der Waals surface area contributed by atoms with Crippen LogP contribution in [-0.2, 0) is 13.0 Å². The van der Waals surface area contributed by atoms with Crippen LogP contribution in [0.1, 0.15) is 35.5 Å². The minimum absolute atomic E-state index is 0.206. The second-order valence-corrected chi connectivity index (χ2v) is 9.03. The second-order valence-electron chi connectivity index (χ2n) is 9.03. The molecule has 186 valence electrons. The third kappa shape index (κ3) is 4.33. The Bertz CT molecular complexity index is 1630.